The molecular weight excluding hydrogens is 352 g/mol. The zero-order valence-electron chi connectivity index (χ0n) is 15.4. The molecule has 2 N–H and O–H groups in total. The summed E-state index contributed by atoms with van der Waals surface area (Å²) in [6.45, 7) is 0.515. The van der Waals surface area contributed by atoms with Gasteiger partial charge in [0.25, 0.3) is 6.01 Å². The van der Waals surface area contributed by atoms with Crippen LogP contribution in [0.2, 0.25) is 0 Å². The number of carbonyl (C=O) groups excluding carboxylic acids is 1. The van der Waals surface area contributed by atoms with E-state index in [0.29, 0.717) is 18.8 Å². The average molecular weight is 372 g/mol. The predicted octanol–water partition coefficient (Wildman–Crippen LogP) is 4.49. The molecule has 0 unspecified atom stereocenters. The molecule has 28 heavy (non-hydrogen) atoms. The van der Waals surface area contributed by atoms with Crippen molar-refractivity contribution in [2.75, 3.05) is 5.73 Å². The molecule has 140 valence electrons. The van der Waals surface area contributed by atoms with Gasteiger partial charge in [0, 0.05) is 17.6 Å². The minimum atomic E-state index is -0.206. The van der Waals surface area contributed by atoms with Crippen molar-refractivity contribution in [2.24, 2.45) is 0 Å². The number of oxazole rings is 1. The number of nitrogens with zero attached hydrogens (tertiary/aromatic N) is 1. The number of hydrogen-bond acceptors (Lipinski definition) is 5. The lowest BCUT2D eigenvalue weighted by Gasteiger charge is -2.19. The maximum Gasteiger partial charge on any atom is 0.292 e. The van der Waals surface area contributed by atoms with Gasteiger partial charge in [0.1, 0.15) is 18.1 Å². The third-order valence-corrected chi connectivity index (χ3v) is 5.42. The Morgan fingerprint density at radius 3 is 2.64 bits per heavy atom. The molecule has 0 radical (unpaired) electrons. The Balaban J connectivity index is 1.44. The standard InChI is InChI=1S/C23H20N2O3/c24-23-25-21-19(20-17(22(21)28-23)7-4-8-18(20)26)15-9-11-16(12-10-15)27-13-14-5-2-1-3-6-14/h1-3,5-6,9-12,19H,4,7-8,13H2,(H2,24,25)/t19-/m0/s1. The third kappa shape index (κ3) is 2.80. The fourth-order valence-corrected chi connectivity index (χ4v) is 4.15. The van der Waals surface area contributed by atoms with Crippen LogP contribution in [0, 0.1) is 0 Å². The highest BCUT2D eigenvalue weighted by Crippen LogP contribution is 2.50. The number of anilines is 1. The van der Waals surface area contributed by atoms with Gasteiger partial charge < -0.3 is 14.9 Å². The van der Waals surface area contributed by atoms with Gasteiger partial charge in [-0.25, -0.2) is 0 Å². The molecule has 0 saturated heterocycles. The van der Waals surface area contributed by atoms with Crippen molar-refractivity contribution in [3.05, 3.63) is 82.8 Å². The quantitative estimate of drug-likeness (QED) is 0.730. The van der Waals surface area contributed by atoms with Crippen LogP contribution >= 0.6 is 0 Å². The lowest BCUT2D eigenvalue weighted by atomic mass is 9.84. The summed E-state index contributed by atoms with van der Waals surface area (Å²) in [6, 6.07) is 18.1. The van der Waals surface area contributed by atoms with Crippen LogP contribution in [-0.2, 0) is 11.4 Å². The molecule has 0 amide bonds. The van der Waals surface area contributed by atoms with Crippen LogP contribution in [0.15, 0.2) is 64.6 Å². The Morgan fingerprint density at radius 1 is 1.07 bits per heavy atom. The van der Waals surface area contributed by atoms with Crippen molar-refractivity contribution in [1.82, 2.24) is 4.98 Å². The molecule has 1 heterocycles. The monoisotopic (exact) mass is 372 g/mol. The molecule has 0 fully saturated rings. The van der Waals surface area contributed by atoms with Crippen LogP contribution in [0.3, 0.4) is 0 Å². The van der Waals surface area contributed by atoms with Gasteiger partial charge in [-0.3, -0.25) is 4.79 Å². The Labute approximate surface area is 162 Å². The largest absolute Gasteiger partial charge is 0.489 e. The molecule has 2 aromatic carbocycles. The molecule has 5 heteroatoms. The molecule has 2 aliphatic rings. The van der Waals surface area contributed by atoms with Crippen LogP contribution in [0.1, 0.15) is 47.8 Å². The Kier molecular flexibility index (Phi) is 4.01. The summed E-state index contributed by atoms with van der Waals surface area (Å²) < 4.78 is 11.5. The molecule has 1 aromatic heterocycles. The number of carbonyl (C=O) groups is 1. The van der Waals surface area contributed by atoms with E-state index >= 15 is 0 Å². The molecule has 0 spiro atoms. The number of rotatable bonds is 4. The highest BCUT2D eigenvalue weighted by Gasteiger charge is 2.41. The maximum absolute atomic E-state index is 12.7. The van der Waals surface area contributed by atoms with Gasteiger partial charge in [0.15, 0.2) is 11.5 Å². The first-order valence-electron chi connectivity index (χ1n) is 9.50. The van der Waals surface area contributed by atoms with E-state index in [9.17, 15) is 4.79 Å². The zero-order valence-corrected chi connectivity index (χ0v) is 15.4. The molecule has 0 saturated carbocycles. The van der Waals surface area contributed by atoms with Crippen LogP contribution in [0.25, 0.3) is 5.57 Å². The Bertz CT molecular complexity index is 1060. The Morgan fingerprint density at radius 2 is 1.86 bits per heavy atom. The third-order valence-electron chi connectivity index (χ3n) is 5.42. The summed E-state index contributed by atoms with van der Waals surface area (Å²) in [4.78, 5) is 17.0. The highest BCUT2D eigenvalue weighted by atomic mass is 16.5. The molecule has 2 aliphatic carbocycles. The summed E-state index contributed by atoms with van der Waals surface area (Å²) in [5.41, 5.74) is 10.5. The van der Waals surface area contributed by atoms with Crippen molar-refractivity contribution in [1.29, 1.82) is 0 Å². The van der Waals surface area contributed by atoms with Gasteiger partial charge in [-0.2, -0.15) is 4.98 Å². The predicted molar refractivity (Wildman–Crippen MR) is 106 cm³/mol. The first-order valence-corrected chi connectivity index (χ1v) is 9.50. The van der Waals surface area contributed by atoms with E-state index in [2.05, 4.69) is 4.98 Å². The van der Waals surface area contributed by atoms with Crippen molar-refractivity contribution in [2.45, 2.75) is 31.8 Å². The number of allylic oxidation sites excluding steroid dienone is 2. The number of nitrogens with two attached hydrogens (primary N) is 1. The second-order valence-electron chi connectivity index (χ2n) is 7.21. The molecule has 3 aromatic rings. The van der Waals surface area contributed by atoms with Gasteiger partial charge in [-0.05, 0) is 36.1 Å². The summed E-state index contributed by atoms with van der Waals surface area (Å²) in [7, 11) is 0. The number of hydrogen-bond donors (Lipinski definition) is 1. The molecule has 5 rings (SSSR count). The van der Waals surface area contributed by atoms with Gasteiger partial charge >= 0.3 is 0 Å². The normalized spacial score (nSPS) is 18.1. The van der Waals surface area contributed by atoms with Gasteiger partial charge in [-0.1, -0.05) is 42.5 Å². The molecule has 5 nitrogen and oxygen atoms in total. The molecule has 0 bridgehead atoms. The number of fused-ring (bicyclic) bond motifs is 2. The minimum Gasteiger partial charge on any atom is -0.489 e. The van der Waals surface area contributed by atoms with E-state index in [0.717, 1.165) is 46.6 Å². The number of aromatic nitrogens is 1. The van der Waals surface area contributed by atoms with E-state index in [-0.39, 0.29) is 17.7 Å². The Hall–Kier alpha value is -3.34. The van der Waals surface area contributed by atoms with Gasteiger partial charge in [0.05, 0.1) is 5.92 Å². The fourth-order valence-electron chi connectivity index (χ4n) is 4.15. The second-order valence-corrected chi connectivity index (χ2v) is 7.21. The van der Waals surface area contributed by atoms with Crippen LogP contribution < -0.4 is 10.5 Å². The van der Waals surface area contributed by atoms with E-state index in [1.807, 2.05) is 54.6 Å². The van der Waals surface area contributed by atoms with Crippen LogP contribution in [-0.4, -0.2) is 10.8 Å². The average Bonchev–Trinajstić information content (AvgIpc) is 3.24. The minimum absolute atomic E-state index is 0.155. The first-order chi connectivity index (χ1) is 13.7. The molecular formula is C23H20N2O3. The lowest BCUT2D eigenvalue weighted by Crippen LogP contribution is -2.14. The van der Waals surface area contributed by atoms with E-state index in [1.54, 1.807) is 0 Å². The maximum atomic E-state index is 12.7. The van der Waals surface area contributed by atoms with Crippen LogP contribution in [0.5, 0.6) is 5.75 Å². The zero-order chi connectivity index (χ0) is 19.1. The van der Waals surface area contributed by atoms with Crippen molar-refractivity contribution in [3.63, 3.8) is 0 Å². The summed E-state index contributed by atoms with van der Waals surface area (Å²) in [5, 5.41) is 0. The number of Topliss-reactive ketones (excluding diaryl/α,β-unsaturated/α-hetero) is 1. The summed E-state index contributed by atoms with van der Waals surface area (Å²) in [6.07, 6.45) is 2.25. The number of nitrogen functional groups attached to an aromatic ring is 1. The van der Waals surface area contributed by atoms with Gasteiger partial charge in [0.2, 0.25) is 0 Å². The van der Waals surface area contributed by atoms with Crippen molar-refractivity contribution < 1.29 is 13.9 Å². The lowest BCUT2D eigenvalue weighted by molar-refractivity contribution is -0.116. The van der Waals surface area contributed by atoms with E-state index in [4.69, 9.17) is 14.9 Å². The summed E-state index contributed by atoms with van der Waals surface area (Å²) in [5.74, 6) is 1.45. The molecule has 1 atom stereocenters. The van der Waals surface area contributed by atoms with E-state index in [1.165, 1.54) is 0 Å². The fraction of sp³-hybridized carbons (Fsp3) is 0.217. The number of benzene rings is 2. The topological polar surface area (TPSA) is 78.4 Å². The number of ether oxygens (including phenoxy) is 1. The second kappa shape index (κ2) is 6.68. The first kappa shape index (κ1) is 16.8. The summed E-state index contributed by atoms with van der Waals surface area (Å²) >= 11 is 0. The molecule has 0 aliphatic heterocycles. The van der Waals surface area contributed by atoms with Gasteiger partial charge in [-0.15, -0.1) is 0 Å². The highest BCUT2D eigenvalue weighted by molar-refractivity contribution is 6.08. The smallest absolute Gasteiger partial charge is 0.292 e. The van der Waals surface area contributed by atoms with E-state index < -0.39 is 0 Å². The SMILES string of the molecule is Nc1nc2c(o1)C1=C(C(=O)CCC1)[C@@H]2c1ccc(OCc2ccccc2)cc1. The number of ketones is 1. The van der Waals surface area contributed by atoms with Crippen molar-refractivity contribution in [3.8, 4) is 5.75 Å². The van der Waals surface area contributed by atoms with Crippen molar-refractivity contribution >= 4 is 17.4 Å². The van der Waals surface area contributed by atoms with Crippen LogP contribution in [0.4, 0.5) is 6.01 Å².